The number of hydrogen-bond acceptors (Lipinski definition) is 3. The number of H-pyrrole nitrogens is 1. The van der Waals surface area contributed by atoms with Crippen LogP contribution in [0.5, 0.6) is 0 Å². The average Bonchev–Trinajstić information content (AvgIpc) is 2.59. The van der Waals surface area contributed by atoms with Crippen molar-refractivity contribution >= 4 is 0 Å². The van der Waals surface area contributed by atoms with Gasteiger partial charge in [-0.15, -0.1) is 0 Å². The number of aromatic amines is 1. The van der Waals surface area contributed by atoms with Crippen molar-refractivity contribution in [2.24, 2.45) is 5.92 Å². The van der Waals surface area contributed by atoms with Gasteiger partial charge in [-0.3, -0.25) is 5.10 Å². The number of rotatable bonds is 5. The lowest BCUT2D eigenvalue weighted by atomic mass is 10.0. The second kappa shape index (κ2) is 5.10. The minimum absolute atomic E-state index is 0.513. The zero-order chi connectivity index (χ0) is 10.6. The van der Waals surface area contributed by atoms with Crippen molar-refractivity contribution in [2.75, 3.05) is 0 Å². The molecule has 4 nitrogen and oxygen atoms in total. The monoisotopic (exact) mass is 196 g/mol. The highest BCUT2D eigenvalue weighted by atomic mass is 15.2. The van der Waals surface area contributed by atoms with Crippen molar-refractivity contribution in [3.63, 3.8) is 0 Å². The van der Waals surface area contributed by atoms with Gasteiger partial charge < -0.3 is 5.32 Å². The molecule has 0 aromatic carbocycles. The molecule has 1 aromatic rings. The Bertz CT molecular complexity index is 269. The fourth-order valence-electron chi connectivity index (χ4n) is 1.28. The number of hydrogen-bond donors (Lipinski definition) is 2. The van der Waals surface area contributed by atoms with Crippen molar-refractivity contribution in [3.05, 3.63) is 11.6 Å². The number of nitrogens with zero attached hydrogens (tertiary/aromatic N) is 2. The van der Waals surface area contributed by atoms with Crippen molar-refractivity contribution in [3.8, 4) is 0 Å². The Labute approximate surface area is 85.5 Å². The largest absolute Gasteiger partial charge is 0.307 e. The fourth-order valence-corrected chi connectivity index (χ4v) is 1.28. The molecule has 14 heavy (non-hydrogen) atoms. The predicted octanol–water partition coefficient (Wildman–Crippen LogP) is 1.64. The van der Waals surface area contributed by atoms with Gasteiger partial charge in [0.05, 0.1) is 6.54 Å². The Morgan fingerprint density at radius 1 is 1.43 bits per heavy atom. The van der Waals surface area contributed by atoms with Gasteiger partial charge in [0.1, 0.15) is 5.82 Å². The summed E-state index contributed by atoms with van der Waals surface area (Å²) < 4.78 is 0. The van der Waals surface area contributed by atoms with Gasteiger partial charge in [-0.2, -0.15) is 5.10 Å². The second-order valence-electron chi connectivity index (χ2n) is 3.89. The van der Waals surface area contributed by atoms with Gasteiger partial charge in [0.15, 0.2) is 5.82 Å². The van der Waals surface area contributed by atoms with Crippen LogP contribution in [0.25, 0.3) is 0 Å². The third-order valence-electron chi connectivity index (χ3n) is 2.72. The lowest BCUT2D eigenvalue weighted by molar-refractivity contribution is 0.386. The zero-order valence-corrected chi connectivity index (χ0v) is 9.46. The van der Waals surface area contributed by atoms with Gasteiger partial charge in [0, 0.05) is 6.04 Å². The Morgan fingerprint density at radius 3 is 2.64 bits per heavy atom. The van der Waals surface area contributed by atoms with E-state index in [0.717, 1.165) is 18.2 Å². The molecule has 1 heterocycles. The van der Waals surface area contributed by atoms with E-state index in [0.29, 0.717) is 12.0 Å². The van der Waals surface area contributed by atoms with Crippen molar-refractivity contribution in [1.82, 2.24) is 20.5 Å². The standard InChI is InChI=1S/C10H20N4/c1-5-7(2)8(3)11-6-10-12-9(4)13-14-10/h7-8,11H,5-6H2,1-4H3,(H,12,13,14). The summed E-state index contributed by atoms with van der Waals surface area (Å²) in [5, 5.41) is 10.3. The first-order valence-corrected chi connectivity index (χ1v) is 5.24. The Hall–Kier alpha value is -0.900. The van der Waals surface area contributed by atoms with E-state index in [1.165, 1.54) is 6.42 Å². The van der Waals surface area contributed by atoms with Crippen LogP contribution in [-0.4, -0.2) is 21.2 Å². The molecule has 0 fully saturated rings. The van der Waals surface area contributed by atoms with E-state index >= 15 is 0 Å². The number of nitrogens with one attached hydrogen (secondary N) is 2. The van der Waals surface area contributed by atoms with E-state index < -0.39 is 0 Å². The van der Waals surface area contributed by atoms with Gasteiger partial charge in [0.25, 0.3) is 0 Å². The van der Waals surface area contributed by atoms with Crippen LogP contribution in [0.15, 0.2) is 0 Å². The normalized spacial score (nSPS) is 15.4. The molecule has 1 aromatic heterocycles. The molecule has 2 unspecified atom stereocenters. The highest BCUT2D eigenvalue weighted by molar-refractivity contribution is 4.87. The molecule has 0 aliphatic rings. The number of aromatic nitrogens is 3. The van der Waals surface area contributed by atoms with Gasteiger partial charge >= 0.3 is 0 Å². The molecule has 0 aliphatic heterocycles. The third-order valence-corrected chi connectivity index (χ3v) is 2.72. The fraction of sp³-hybridized carbons (Fsp3) is 0.800. The van der Waals surface area contributed by atoms with Crippen molar-refractivity contribution < 1.29 is 0 Å². The summed E-state index contributed by atoms with van der Waals surface area (Å²) in [4.78, 5) is 4.24. The maximum atomic E-state index is 4.24. The zero-order valence-electron chi connectivity index (χ0n) is 9.46. The molecule has 0 bridgehead atoms. The minimum Gasteiger partial charge on any atom is -0.307 e. The van der Waals surface area contributed by atoms with E-state index in [4.69, 9.17) is 0 Å². The molecule has 0 aliphatic carbocycles. The molecule has 4 heteroatoms. The van der Waals surface area contributed by atoms with Crippen LogP contribution in [0.1, 0.15) is 38.8 Å². The van der Waals surface area contributed by atoms with Gasteiger partial charge in [-0.25, -0.2) is 4.98 Å². The van der Waals surface area contributed by atoms with Gasteiger partial charge in [-0.1, -0.05) is 20.3 Å². The first kappa shape index (κ1) is 11.2. The van der Waals surface area contributed by atoms with Crippen molar-refractivity contribution in [2.45, 2.75) is 46.7 Å². The maximum Gasteiger partial charge on any atom is 0.164 e. The van der Waals surface area contributed by atoms with E-state index in [-0.39, 0.29) is 0 Å². The SMILES string of the molecule is CCC(C)C(C)NCc1n[nH]c(C)n1. The minimum atomic E-state index is 0.513. The lowest BCUT2D eigenvalue weighted by Crippen LogP contribution is -2.31. The highest BCUT2D eigenvalue weighted by Crippen LogP contribution is 2.06. The summed E-state index contributed by atoms with van der Waals surface area (Å²) in [6.07, 6.45) is 1.20. The smallest absolute Gasteiger partial charge is 0.164 e. The van der Waals surface area contributed by atoms with Crippen molar-refractivity contribution in [1.29, 1.82) is 0 Å². The summed E-state index contributed by atoms with van der Waals surface area (Å²) in [6, 6.07) is 0.513. The Morgan fingerprint density at radius 2 is 2.14 bits per heavy atom. The quantitative estimate of drug-likeness (QED) is 0.752. The first-order chi connectivity index (χ1) is 6.63. The molecule has 2 N–H and O–H groups in total. The van der Waals surface area contributed by atoms with Gasteiger partial charge in [0.2, 0.25) is 0 Å². The molecule has 0 amide bonds. The molecule has 2 atom stereocenters. The van der Waals surface area contributed by atoms with Crippen LogP contribution in [0.3, 0.4) is 0 Å². The molecular formula is C10H20N4. The summed E-state index contributed by atoms with van der Waals surface area (Å²) >= 11 is 0. The van der Waals surface area contributed by atoms with E-state index in [9.17, 15) is 0 Å². The Balaban J connectivity index is 2.33. The first-order valence-electron chi connectivity index (χ1n) is 5.24. The highest BCUT2D eigenvalue weighted by Gasteiger charge is 2.10. The molecule has 80 valence electrons. The summed E-state index contributed by atoms with van der Waals surface area (Å²) in [5.41, 5.74) is 0. The van der Waals surface area contributed by atoms with Gasteiger partial charge in [-0.05, 0) is 19.8 Å². The van der Waals surface area contributed by atoms with E-state index in [1.54, 1.807) is 0 Å². The molecule has 0 radical (unpaired) electrons. The summed E-state index contributed by atoms with van der Waals surface area (Å²) in [7, 11) is 0. The molecule has 0 spiro atoms. The van der Waals surface area contributed by atoms with Crippen LogP contribution in [0.2, 0.25) is 0 Å². The van der Waals surface area contributed by atoms with Crippen LogP contribution in [-0.2, 0) is 6.54 Å². The van der Waals surface area contributed by atoms with Crippen LogP contribution < -0.4 is 5.32 Å². The molecular weight excluding hydrogens is 176 g/mol. The predicted molar refractivity (Wildman–Crippen MR) is 56.9 cm³/mol. The Kier molecular flexibility index (Phi) is 4.07. The lowest BCUT2D eigenvalue weighted by Gasteiger charge is -2.18. The third kappa shape index (κ3) is 3.10. The molecule has 0 saturated heterocycles. The number of aryl methyl sites for hydroxylation is 1. The molecule has 1 rings (SSSR count). The second-order valence-corrected chi connectivity index (χ2v) is 3.89. The van der Waals surface area contributed by atoms with E-state index in [1.807, 2.05) is 6.92 Å². The maximum absolute atomic E-state index is 4.24. The summed E-state index contributed by atoms with van der Waals surface area (Å²) in [6.45, 7) is 9.32. The molecule has 0 saturated carbocycles. The summed E-state index contributed by atoms with van der Waals surface area (Å²) in [5.74, 6) is 2.41. The van der Waals surface area contributed by atoms with Crippen LogP contribution in [0, 0.1) is 12.8 Å². The van der Waals surface area contributed by atoms with E-state index in [2.05, 4.69) is 41.3 Å². The average molecular weight is 196 g/mol. The van der Waals surface area contributed by atoms with Crippen LogP contribution >= 0.6 is 0 Å². The topological polar surface area (TPSA) is 53.6 Å². The van der Waals surface area contributed by atoms with Crippen LogP contribution in [0.4, 0.5) is 0 Å².